The van der Waals surface area contributed by atoms with E-state index in [0.29, 0.717) is 19.6 Å². The van der Waals surface area contributed by atoms with Crippen LogP contribution in [0.4, 0.5) is 4.39 Å². The van der Waals surface area contributed by atoms with Crippen molar-refractivity contribution in [3.05, 3.63) is 29.6 Å². The molecule has 0 bridgehead atoms. The number of benzene rings is 1. The van der Waals surface area contributed by atoms with E-state index in [1.807, 2.05) is 0 Å². The van der Waals surface area contributed by atoms with E-state index in [2.05, 4.69) is 0 Å². The molecule has 0 amide bonds. The van der Waals surface area contributed by atoms with Crippen molar-refractivity contribution < 1.29 is 23.2 Å². The third-order valence-electron chi connectivity index (χ3n) is 2.59. The van der Waals surface area contributed by atoms with Crippen LogP contribution in [0, 0.1) is 5.82 Å². The summed E-state index contributed by atoms with van der Waals surface area (Å²) in [5.41, 5.74) is -0.0614. The molecule has 1 aliphatic rings. The molecular formula is C11H11FO4S. The minimum absolute atomic E-state index is 0.0552. The minimum Gasteiger partial charge on any atom is -0.478 e. The van der Waals surface area contributed by atoms with Crippen LogP contribution in [0.3, 0.4) is 0 Å². The fourth-order valence-corrected chi connectivity index (χ4v) is 3.04. The molecular weight excluding hydrogens is 247 g/mol. The lowest BCUT2D eigenvalue weighted by atomic mass is 10.2. The molecule has 1 aromatic rings. The molecule has 0 aromatic heterocycles. The first-order chi connectivity index (χ1) is 8.09. The van der Waals surface area contributed by atoms with Crippen molar-refractivity contribution in [3.63, 3.8) is 0 Å². The first-order valence-electron chi connectivity index (χ1n) is 5.11. The molecule has 1 saturated heterocycles. The van der Waals surface area contributed by atoms with Gasteiger partial charge in [0, 0.05) is 6.61 Å². The first kappa shape index (κ1) is 12.2. The lowest BCUT2D eigenvalue weighted by Gasteiger charge is -2.09. The average Bonchev–Trinajstić information content (AvgIpc) is 2.81. The molecule has 6 heteroatoms. The minimum atomic E-state index is -1.56. The van der Waals surface area contributed by atoms with Crippen LogP contribution in [0.2, 0.25) is 0 Å². The Labute approximate surface area is 99.9 Å². The van der Waals surface area contributed by atoms with E-state index >= 15 is 0 Å². The monoisotopic (exact) mass is 258 g/mol. The third kappa shape index (κ3) is 2.53. The Morgan fingerprint density at radius 2 is 2.29 bits per heavy atom. The molecule has 0 saturated carbocycles. The van der Waals surface area contributed by atoms with Crippen LogP contribution in [0.15, 0.2) is 23.1 Å². The van der Waals surface area contributed by atoms with Gasteiger partial charge < -0.3 is 9.84 Å². The summed E-state index contributed by atoms with van der Waals surface area (Å²) in [6.45, 7) is 0.833. The molecule has 92 valence electrons. The predicted molar refractivity (Wildman–Crippen MR) is 59.0 cm³/mol. The molecule has 4 nitrogen and oxygen atoms in total. The molecule has 2 unspecified atom stereocenters. The second-order valence-corrected chi connectivity index (χ2v) is 5.43. The van der Waals surface area contributed by atoms with Gasteiger partial charge in [-0.3, -0.25) is 4.21 Å². The summed E-state index contributed by atoms with van der Waals surface area (Å²) in [5.74, 6) is -1.80. The SMILES string of the molecule is O=C(O)c1ccc(F)c(S(=O)C2CCOC2)c1. The van der Waals surface area contributed by atoms with Crippen molar-refractivity contribution in [2.24, 2.45) is 0 Å². The highest BCUT2D eigenvalue weighted by atomic mass is 32.2. The predicted octanol–water partition coefficient (Wildman–Crippen LogP) is 1.42. The van der Waals surface area contributed by atoms with E-state index in [-0.39, 0.29) is 15.7 Å². The summed E-state index contributed by atoms with van der Waals surface area (Å²) < 4.78 is 30.6. The smallest absolute Gasteiger partial charge is 0.335 e. The van der Waals surface area contributed by atoms with Crippen molar-refractivity contribution in [2.45, 2.75) is 16.6 Å². The summed E-state index contributed by atoms with van der Waals surface area (Å²) in [4.78, 5) is 10.7. The van der Waals surface area contributed by atoms with E-state index in [4.69, 9.17) is 9.84 Å². The number of halogens is 1. The van der Waals surface area contributed by atoms with Gasteiger partial charge in [-0.25, -0.2) is 9.18 Å². The highest BCUT2D eigenvalue weighted by molar-refractivity contribution is 7.85. The normalized spacial score (nSPS) is 21.4. The molecule has 1 aliphatic heterocycles. The highest BCUT2D eigenvalue weighted by Gasteiger charge is 2.26. The van der Waals surface area contributed by atoms with Crippen LogP contribution in [-0.4, -0.2) is 33.7 Å². The average molecular weight is 258 g/mol. The van der Waals surface area contributed by atoms with E-state index in [0.717, 1.165) is 18.2 Å². The second-order valence-electron chi connectivity index (χ2n) is 3.73. The summed E-state index contributed by atoms with van der Waals surface area (Å²) in [7, 11) is -1.56. The van der Waals surface area contributed by atoms with Crippen molar-refractivity contribution in [3.8, 4) is 0 Å². The van der Waals surface area contributed by atoms with Crippen molar-refractivity contribution >= 4 is 16.8 Å². The number of carbonyl (C=O) groups is 1. The number of hydrogen-bond acceptors (Lipinski definition) is 3. The summed E-state index contributed by atoms with van der Waals surface area (Å²) in [5, 5.41) is 8.55. The quantitative estimate of drug-likeness (QED) is 0.890. The van der Waals surface area contributed by atoms with E-state index < -0.39 is 22.6 Å². The van der Waals surface area contributed by atoms with Crippen LogP contribution in [0.25, 0.3) is 0 Å². The number of aromatic carboxylic acids is 1. The summed E-state index contributed by atoms with van der Waals surface area (Å²) >= 11 is 0. The fraction of sp³-hybridized carbons (Fsp3) is 0.364. The second kappa shape index (κ2) is 4.93. The van der Waals surface area contributed by atoms with Gasteiger partial charge in [0.1, 0.15) is 5.82 Å². The summed E-state index contributed by atoms with van der Waals surface area (Å²) in [6, 6.07) is 3.32. The highest BCUT2D eigenvalue weighted by Crippen LogP contribution is 2.22. The van der Waals surface area contributed by atoms with Crippen molar-refractivity contribution in [2.75, 3.05) is 13.2 Å². The molecule has 0 aliphatic carbocycles. The Bertz CT molecular complexity index is 469. The van der Waals surface area contributed by atoms with Gasteiger partial charge >= 0.3 is 5.97 Å². The number of hydrogen-bond donors (Lipinski definition) is 1. The lowest BCUT2D eigenvalue weighted by molar-refractivity contribution is 0.0696. The molecule has 2 rings (SSSR count). The Morgan fingerprint density at radius 1 is 1.53 bits per heavy atom. The van der Waals surface area contributed by atoms with Gasteiger partial charge in [-0.15, -0.1) is 0 Å². The van der Waals surface area contributed by atoms with E-state index in [1.165, 1.54) is 0 Å². The van der Waals surface area contributed by atoms with E-state index in [1.54, 1.807) is 0 Å². The maximum Gasteiger partial charge on any atom is 0.335 e. The van der Waals surface area contributed by atoms with Crippen LogP contribution in [0.5, 0.6) is 0 Å². The Hall–Kier alpha value is -1.27. The maximum atomic E-state index is 13.5. The fourth-order valence-electron chi connectivity index (χ4n) is 1.65. The Morgan fingerprint density at radius 3 is 2.88 bits per heavy atom. The molecule has 1 fully saturated rings. The van der Waals surface area contributed by atoms with E-state index in [9.17, 15) is 13.4 Å². The number of carboxylic acid groups (broad SMARTS) is 1. The maximum absolute atomic E-state index is 13.5. The number of ether oxygens (including phenoxy) is 1. The molecule has 17 heavy (non-hydrogen) atoms. The molecule has 1 heterocycles. The van der Waals surface area contributed by atoms with Gasteiger partial charge in [0.25, 0.3) is 0 Å². The topological polar surface area (TPSA) is 63.6 Å². The lowest BCUT2D eigenvalue weighted by Crippen LogP contribution is -2.16. The molecule has 0 radical (unpaired) electrons. The number of carboxylic acids is 1. The van der Waals surface area contributed by atoms with Gasteiger partial charge in [0.2, 0.25) is 0 Å². The van der Waals surface area contributed by atoms with Crippen LogP contribution < -0.4 is 0 Å². The zero-order valence-corrected chi connectivity index (χ0v) is 9.71. The molecule has 1 aromatic carbocycles. The van der Waals surface area contributed by atoms with Gasteiger partial charge in [-0.05, 0) is 24.6 Å². The van der Waals surface area contributed by atoms with Gasteiger partial charge in [0.05, 0.1) is 33.1 Å². The summed E-state index contributed by atoms with van der Waals surface area (Å²) in [6.07, 6.45) is 0.601. The molecule has 1 N–H and O–H groups in total. The first-order valence-corrected chi connectivity index (χ1v) is 6.32. The largest absolute Gasteiger partial charge is 0.478 e. The van der Waals surface area contributed by atoms with Crippen molar-refractivity contribution in [1.82, 2.24) is 0 Å². The Kier molecular flexibility index (Phi) is 3.54. The number of rotatable bonds is 3. The van der Waals surface area contributed by atoms with Gasteiger partial charge in [-0.1, -0.05) is 0 Å². The van der Waals surface area contributed by atoms with Gasteiger partial charge in [0.15, 0.2) is 0 Å². The van der Waals surface area contributed by atoms with Gasteiger partial charge in [-0.2, -0.15) is 0 Å². The van der Waals surface area contributed by atoms with Crippen LogP contribution in [0.1, 0.15) is 16.8 Å². The zero-order chi connectivity index (χ0) is 12.4. The standard InChI is InChI=1S/C11H11FO4S/c12-9-2-1-7(11(13)14)5-10(9)17(15)8-3-4-16-6-8/h1-2,5,8H,3-4,6H2,(H,13,14). The molecule has 0 spiro atoms. The van der Waals surface area contributed by atoms with Crippen LogP contribution in [-0.2, 0) is 15.5 Å². The zero-order valence-electron chi connectivity index (χ0n) is 8.89. The third-order valence-corrected chi connectivity index (χ3v) is 4.31. The Balaban J connectivity index is 2.32. The van der Waals surface area contributed by atoms with Crippen LogP contribution >= 0.6 is 0 Å². The molecule has 2 atom stereocenters. The van der Waals surface area contributed by atoms with Crippen molar-refractivity contribution in [1.29, 1.82) is 0 Å².